The van der Waals surface area contributed by atoms with Crippen molar-refractivity contribution in [2.24, 2.45) is 10.9 Å². The molecule has 0 saturated heterocycles. The first-order valence-corrected chi connectivity index (χ1v) is 5.99. The van der Waals surface area contributed by atoms with Gasteiger partial charge in [-0.1, -0.05) is 29.4 Å². The molecule has 0 unspecified atom stereocenters. The molecule has 4 heteroatoms. The van der Waals surface area contributed by atoms with Gasteiger partial charge in [0.15, 0.2) is 5.84 Å². The Morgan fingerprint density at radius 3 is 2.89 bits per heavy atom. The van der Waals surface area contributed by atoms with Crippen LogP contribution in [0.15, 0.2) is 29.4 Å². The fourth-order valence-electron chi connectivity index (χ4n) is 1.68. The molecule has 0 saturated carbocycles. The molecule has 1 aromatic carbocycles. The Hall–Kier alpha value is -1.99. The summed E-state index contributed by atoms with van der Waals surface area (Å²) in [4.78, 5) is 0. The van der Waals surface area contributed by atoms with Gasteiger partial charge in [0.1, 0.15) is 0 Å². The maximum atomic E-state index is 8.71. The molecule has 0 aliphatic heterocycles. The quantitative estimate of drug-likeness (QED) is 0.171. The molecular formula is C14H19N3O. The molecule has 0 atom stereocenters. The molecule has 0 aliphatic rings. The highest BCUT2D eigenvalue weighted by atomic mass is 16.4. The summed E-state index contributed by atoms with van der Waals surface area (Å²) >= 11 is 0. The van der Waals surface area contributed by atoms with Crippen LogP contribution in [0.25, 0.3) is 0 Å². The fourth-order valence-corrected chi connectivity index (χ4v) is 1.68. The van der Waals surface area contributed by atoms with E-state index in [2.05, 4.69) is 16.4 Å². The lowest BCUT2D eigenvalue weighted by molar-refractivity contribution is 0.318. The van der Waals surface area contributed by atoms with Gasteiger partial charge in [-0.05, 0) is 24.9 Å². The third-order valence-electron chi connectivity index (χ3n) is 2.64. The van der Waals surface area contributed by atoms with Crippen molar-refractivity contribution in [3.63, 3.8) is 0 Å². The Bertz CT molecular complexity index is 435. The molecule has 0 aliphatic carbocycles. The SMILES string of the molecule is C#CCCCCNCc1ccccc1/C(N)=N\O. The molecule has 0 heterocycles. The summed E-state index contributed by atoms with van der Waals surface area (Å²) in [6, 6.07) is 7.60. The van der Waals surface area contributed by atoms with Crippen molar-refractivity contribution in [1.29, 1.82) is 0 Å². The van der Waals surface area contributed by atoms with Gasteiger partial charge in [0, 0.05) is 18.5 Å². The molecule has 0 bridgehead atoms. The zero-order valence-electron chi connectivity index (χ0n) is 10.4. The smallest absolute Gasteiger partial charge is 0.170 e. The Balaban J connectivity index is 2.45. The van der Waals surface area contributed by atoms with Crippen LogP contribution in [0.3, 0.4) is 0 Å². The predicted molar refractivity (Wildman–Crippen MR) is 73.3 cm³/mol. The van der Waals surface area contributed by atoms with Crippen LogP contribution < -0.4 is 11.1 Å². The number of amidine groups is 1. The molecule has 1 rings (SSSR count). The van der Waals surface area contributed by atoms with E-state index in [-0.39, 0.29) is 5.84 Å². The van der Waals surface area contributed by atoms with Gasteiger partial charge in [0.05, 0.1) is 0 Å². The predicted octanol–water partition coefficient (Wildman–Crippen LogP) is 1.67. The summed E-state index contributed by atoms with van der Waals surface area (Å²) in [6.45, 7) is 1.61. The summed E-state index contributed by atoms with van der Waals surface area (Å²) in [7, 11) is 0. The number of benzene rings is 1. The van der Waals surface area contributed by atoms with Gasteiger partial charge < -0.3 is 16.3 Å². The van der Waals surface area contributed by atoms with Crippen LogP contribution in [-0.2, 0) is 6.54 Å². The lowest BCUT2D eigenvalue weighted by Gasteiger charge is -2.09. The molecule has 4 N–H and O–H groups in total. The lowest BCUT2D eigenvalue weighted by Crippen LogP contribution is -2.20. The Kier molecular flexibility index (Phi) is 6.37. The van der Waals surface area contributed by atoms with E-state index in [1.54, 1.807) is 0 Å². The molecule has 1 aromatic rings. The van der Waals surface area contributed by atoms with Crippen molar-refractivity contribution in [2.45, 2.75) is 25.8 Å². The first kappa shape index (κ1) is 14.1. The largest absolute Gasteiger partial charge is 0.409 e. The minimum Gasteiger partial charge on any atom is -0.409 e. The van der Waals surface area contributed by atoms with E-state index in [0.717, 1.165) is 36.9 Å². The topological polar surface area (TPSA) is 70.6 Å². The number of terminal acetylenes is 1. The third-order valence-corrected chi connectivity index (χ3v) is 2.64. The van der Waals surface area contributed by atoms with Crippen molar-refractivity contribution in [3.8, 4) is 12.3 Å². The molecule has 0 aromatic heterocycles. The second-order valence-corrected chi connectivity index (χ2v) is 3.98. The fraction of sp³-hybridized carbons (Fsp3) is 0.357. The zero-order valence-corrected chi connectivity index (χ0v) is 10.4. The van der Waals surface area contributed by atoms with E-state index in [1.165, 1.54) is 0 Å². The van der Waals surface area contributed by atoms with Gasteiger partial charge in [-0.25, -0.2) is 0 Å². The van der Waals surface area contributed by atoms with E-state index in [0.29, 0.717) is 6.54 Å². The van der Waals surface area contributed by atoms with E-state index in [9.17, 15) is 0 Å². The molecule has 96 valence electrons. The summed E-state index contributed by atoms with van der Waals surface area (Å²) in [6.07, 6.45) is 8.09. The van der Waals surface area contributed by atoms with E-state index < -0.39 is 0 Å². The minimum absolute atomic E-state index is 0.139. The average Bonchev–Trinajstić information content (AvgIpc) is 2.42. The highest BCUT2D eigenvalue weighted by Gasteiger charge is 2.05. The van der Waals surface area contributed by atoms with Crippen LogP contribution in [0.1, 0.15) is 30.4 Å². The number of unbranched alkanes of at least 4 members (excludes halogenated alkanes) is 2. The standard InChI is InChI=1S/C14H19N3O/c1-2-3-4-7-10-16-11-12-8-5-6-9-13(12)14(15)17-18/h1,5-6,8-9,16,18H,3-4,7,10-11H2,(H2,15,17). The number of hydrogen-bond donors (Lipinski definition) is 3. The molecule has 0 amide bonds. The Morgan fingerprint density at radius 2 is 2.17 bits per heavy atom. The number of rotatable bonds is 7. The van der Waals surface area contributed by atoms with Gasteiger partial charge in [-0.3, -0.25) is 0 Å². The first-order chi connectivity index (χ1) is 8.79. The van der Waals surface area contributed by atoms with Crippen molar-refractivity contribution < 1.29 is 5.21 Å². The van der Waals surface area contributed by atoms with Gasteiger partial charge in [0.2, 0.25) is 0 Å². The Morgan fingerprint density at radius 1 is 1.39 bits per heavy atom. The summed E-state index contributed by atoms with van der Waals surface area (Å²) in [5, 5.41) is 15.1. The van der Waals surface area contributed by atoms with Crippen molar-refractivity contribution >= 4 is 5.84 Å². The first-order valence-electron chi connectivity index (χ1n) is 5.99. The van der Waals surface area contributed by atoms with Crippen molar-refractivity contribution in [2.75, 3.05) is 6.54 Å². The van der Waals surface area contributed by atoms with E-state index in [1.807, 2.05) is 24.3 Å². The highest BCUT2D eigenvalue weighted by Crippen LogP contribution is 2.08. The molecular weight excluding hydrogens is 226 g/mol. The van der Waals surface area contributed by atoms with Gasteiger partial charge in [-0.15, -0.1) is 12.3 Å². The average molecular weight is 245 g/mol. The summed E-state index contributed by atoms with van der Waals surface area (Å²) in [5.41, 5.74) is 7.39. The molecule has 0 spiro atoms. The van der Waals surface area contributed by atoms with Crippen LogP contribution in [0.5, 0.6) is 0 Å². The maximum absolute atomic E-state index is 8.71. The number of nitrogens with one attached hydrogen (secondary N) is 1. The van der Waals surface area contributed by atoms with E-state index in [4.69, 9.17) is 17.4 Å². The molecule has 0 fully saturated rings. The maximum Gasteiger partial charge on any atom is 0.170 e. The molecule has 0 radical (unpaired) electrons. The van der Waals surface area contributed by atoms with E-state index >= 15 is 0 Å². The van der Waals surface area contributed by atoms with Gasteiger partial charge in [-0.2, -0.15) is 0 Å². The van der Waals surface area contributed by atoms with Crippen LogP contribution in [0.4, 0.5) is 0 Å². The van der Waals surface area contributed by atoms with Crippen LogP contribution >= 0.6 is 0 Å². The second-order valence-electron chi connectivity index (χ2n) is 3.98. The number of nitrogens with zero attached hydrogens (tertiary/aromatic N) is 1. The van der Waals surface area contributed by atoms with Crippen molar-refractivity contribution in [3.05, 3.63) is 35.4 Å². The lowest BCUT2D eigenvalue weighted by atomic mass is 10.1. The minimum atomic E-state index is 0.139. The number of oxime groups is 1. The number of nitrogens with two attached hydrogens (primary N) is 1. The Labute approximate surface area is 108 Å². The summed E-state index contributed by atoms with van der Waals surface area (Å²) < 4.78 is 0. The summed E-state index contributed by atoms with van der Waals surface area (Å²) in [5.74, 6) is 2.76. The number of hydrogen-bond acceptors (Lipinski definition) is 3. The van der Waals surface area contributed by atoms with Crippen molar-refractivity contribution in [1.82, 2.24) is 5.32 Å². The zero-order chi connectivity index (χ0) is 13.2. The normalized spacial score (nSPS) is 11.2. The van der Waals surface area contributed by atoms with Crippen LogP contribution in [0, 0.1) is 12.3 Å². The monoisotopic (exact) mass is 245 g/mol. The third kappa shape index (κ3) is 4.48. The van der Waals surface area contributed by atoms with Crippen LogP contribution in [0.2, 0.25) is 0 Å². The second kappa shape index (κ2) is 8.15. The van der Waals surface area contributed by atoms with Crippen LogP contribution in [-0.4, -0.2) is 17.6 Å². The molecule has 18 heavy (non-hydrogen) atoms. The van der Waals surface area contributed by atoms with Gasteiger partial charge in [0.25, 0.3) is 0 Å². The van der Waals surface area contributed by atoms with Gasteiger partial charge >= 0.3 is 0 Å². The molecule has 4 nitrogen and oxygen atoms in total. The highest BCUT2D eigenvalue weighted by molar-refractivity contribution is 5.98.